The average molecular weight is 324 g/mol. The molecular formula is C18H20N4O2. The van der Waals surface area contributed by atoms with Crippen LogP contribution in [0.3, 0.4) is 0 Å². The van der Waals surface area contributed by atoms with Crippen molar-refractivity contribution in [3.8, 4) is 17.3 Å². The van der Waals surface area contributed by atoms with Crippen LogP contribution in [0.4, 0.5) is 0 Å². The van der Waals surface area contributed by atoms with Crippen molar-refractivity contribution in [1.82, 2.24) is 15.1 Å². The first kappa shape index (κ1) is 16.2. The first-order valence-corrected chi connectivity index (χ1v) is 8.11. The van der Waals surface area contributed by atoms with E-state index in [4.69, 9.17) is 15.1 Å². The van der Waals surface area contributed by atoms with Crippen LogP contribution in [0.1, 0.15) is 41.0 Å². The van der Waals surface area contributed by atoms with Gasteiger partial charge < -0.3 is 10.1 Å². The fourth-order valence-electron chi connectivity index (χ4n) is 2.99. The molecule has 24 heavy (non-hydrogen) atoms. The van der Waals surface area contributed by atoms with Gasteiger partial charge in [0.1, 0.15) is 5.69 Å². The van der Waals surface area contributed by atoms with Gasteiger partial charge in [-0.15, -0.1) is 0 Å². The molecule has 1 fully saturated rings. The highest BCUT2D eigenvalue weighted by Crippen LogP contribution is 2.29. The number of carbonyl (C=O) groups excluding carboxylic acids is 1. The number of amides is 1. The van der Waals surface area contributed by atoms with E-state index in [0.29, 0.717) is 31.0 Å². The van der Waals surface area contributed by atoms with Crippen molar-refractivity contribution in [2.24, 2.45) is 0 Å². The van der Waals surface area contributed by atoms with Crippen LogP contribution in [0, 0.1) is 18.3 Å². The van der Waals surface area contributed by atoms with Crippen LogP contribution < -0.4 is 5.32 Å². The molecule has 1 amide bonds. The van der Waals surface area contributed by atoms with E-state index in [1.54, 1.807) is 16.8 Å². The van der Waals surface area contributed by atoms with Crippen LogP contribution in [-0.4, -0.2) is 35.4 Å². The molecule has 6 nitrogen and oxygen atoms in total. The van der Waals surface area contributed by atoms with Crippen LogP contribution in [-0.2, 0) is 4.74 Å². The Morgan fingerprint density at radius 2 is 2.21 bits per heavy atom. The van der Waals surface area contributed by atoms with E-state index in [1.807, 2.05) is 26.0 Å². The number of hydrogen-bond donors (Lipinski definition) is 1. The molecule has 1 aliphatic heterocycles. The maximum absolute atomic E-state index is 12.5. The number of carbonyl (C=O) groups is 1. The molecule has 0 spiro atoms. The largest absolute Gasteiger partial charge is 0.379 e. The highest BCUT2D eigenvalue weighted by Gasteiger charge is 2.28. The fraction of sp³-hybridized carbons (Fsp3) is 0.389. The summed E-state index contributed by atoms with van der Waals surface area (Å²) in [5, 5.41) is 16.5. The standard InChI is InChI=1S/C18H20N4O2/c1-3-20-18(23)17-12(2)16(14-6-4-13(10-19)5-7-14)21-22(17)15-8-9-24-11-15/h4-7,15H,3,8-9,11H2,1-2H3,(H,20,23). The second kappa shape index (κ2) is 6.85. The predicted octanol–water partition coefficient (Wildman–Crippen LogP) is 2.44. The van der Waals surface area contributed by atoms with Crippen LogP contribution in [0.25, 0.3) is 11.3 Å². The highest BCUT2D eigenvalue weighted by atomic mass is 16.5. The molecule has 1 unspecified atom stereocenters. The summed E-state index contributed by atoms with van der Waals surface area (Å²) in [5.74, 6) is -0.116. The molecule has 2 aromatic rings. The Bertz CT molecular complexity index is 781. The summed E-state index contributed by atoms with van der Waals surface area (Å²) in [6.45, 7) is 5.63. The number of aromatic nitrogens is 2. The molecule has 2 heterocycles. The molecule has 1 aromatic heterocycles. The lowest BCUT2D eigenvalue weighted by Gasteiger charge is -2.13. The number of nitrogens with zero attached hydrogens (tertiary/aromatic N) is 3. The van der Waals surface area contributed by atoms with Gasteiger partial charge in [-0.1, -0.05) is 12.1 Å². The highest BCUT2D eigenvalue weighted by molar-refractivity contribution is 5.95. The minimum absolute atomic E-state index is 0.0773. The molecule has 3 rings (SSSR count). The summed E-state index contributed by atoms with van der Waals surface area (Å²) in [5.41, 5.74) is 3.70. The number of benzene rings is 1. The predicted molar refractivity (Wildman–Crippen MR) is 89.6 cm³/mol. The van der Waals surface area contributed by atoms with Crippen LogP contribution in [0.5, 0.6) is 0 Å². The van der Waals surface area contributed by atoms with Crippen molar-refractivity contribution in [3.05, 3.63) is 41.1 Å². The van der Waals surface area contributed by atoms with Crippen molar-refractivity contribution in [3.63, 3.8) is 0 Å². The minimum atomic E-state index is -0.116. The number of rotatable bonds is 4. The van der Waals surface area contributed by atoms with E-state index < -0.39 is 0 Å². The summed E-state index contributed by atoms with van der Waals surface area (Å²) in [4.78, 5) is 12.5. The zero-order valence-corrected chi connectivity index (χ0v) is 13.9. The minimum Gasteiger partial charge on any atom is -0.379 e. The molecule has 1 aliphatic rings. The molecule has 0 saturated carbocycles. The molecule has 6 heteroatoms. The Morgan fingerprint density at radius 3 is 2.79 bits per heavy atom. The van der Waals surface area contributed by atoms with Gasteiger partial charge in [0.05, 0.1) is 30.0 Å². The third-order valence-corrected chi connectivity index (χ3v) is 4.24. The second-order valence-electron chi connectivity index (χ2n) is 5.83. The maximum Gasteiger partial charge on any atom is 0.269 e. The van der Waals surface area contributed by atoms with E-state index in [9.17, 15) is 4.79 Å². The Kier molecular flexibility index (Phi) is 4.63. The third-order valence-electron chi connectivity index (χ3n) is 4.24. The molecule has 0 bridgehead atoms. The van der Waals surface area contributed by atoms with Gasteiger partial charge in [-0.05, 0) is 32.4 Å². The third kappa shape index (κ3) is 2.91. The molecule has 1 aromatic carbocycles. The number of nitriles is 1. The van der Waals surface area contributed by atoms with Crippen LogP contribution in [0.15, 0.2) is 24.3 Å². The summed E-state index contributed by atoms with van der Waals surface area (Å²) in [6, 6.07) is 9.44. The van der Waals surface area contributed by atoms with Gasteiger partial charge in [0, 0.05) is 24.3 Å². The average Bonchev–Trinajstić information content (AvgIpc) is 3.23. The van der Waals surface area contributed by atoms with Crippen molar-refractivity contribution in [2.75, 3.05) is 19.8 Å². The van der Waals surface area contributed by atoms with Gasteiger partial charge in [-0.2, -0.15) is 10.4 Å². The van der Waals surface area contributed by atoms with Crippen molar-refractivity contribution in [1.29, 1.82) is 5.26 Å². The lowest BCUT2D eigenvalue weighted by Crippen LogP contribution is -2.28. The van der Waals surface area contributed by atoms with E-state index in [2.05, 4.69) is 11.4 Å². The van der Waals surface area contributed by atoms with Gasteiger partial charge in [0.15, 0.2) is 0 Å². The van der Waals surface area contributed by atoms with Gasteiger partial charge in [0.25, 0.3) is 5.91 Å². The maximum atomic E-state index is 12.5. The number of ether oxygens (including phenoxy) is 1. The van der Waals surface area contributed by atoms with Crippen LogP contribution >= 0.6 is 0 Å². The molecule has 0 aliphatic carbocycles. The Labute approximate surface area is 141 Å². The normalized spacial score (nSPS) is 16.8. The lowest BCUT2D eigenvalue weighted by atomic mass is 10.0. The SMILES string of the molecule is CCNC(=O)c1c(C)c(-c2ccc(C#N)cc2)nn1C1CCOC1. The molecule has 1 N–H and O–H groups in total. The van der Waals surface area contributed by atoms with Crippen molar-refractivity contribution in [2.45, 2.75) is 26.3 Å². The van der Waals surface area contributed by atoms with Gasteiger partial charge in [0.2, 0.25) is 0 Å². The molecule has 1 saturated heterocycles. The molecule has 0 radical (unpaired) electrons. The van der Waals surface area contributed by atoms with Gasteiger partial charge in [-0.3, -0.25) is 9.48 Å². The quantitative estimate of drug-likeness (QED) is 0.937. The van der Waals surface area contributed by atoms with Crippen LogP contribution in [0.2, 0.25) is 0 Å². The van der Waals surface area contributed by atoms with E-state index in [-0.39, 0.29) is 11.9 Å². The smallest absolute Gasteiger partial charge is 0.269 e. The van der Waals surface area contributed by atoms with Crippen molar-refractivity contribution >= 4 is 5.91 Å². The Hall–Kier alpha value is -2.65. The Morgan fingerprint density at radius 1 is 1.46 bits per heavy atom. The zero-order valence-electron chi connectivity index (χ0n) is 13.9. The first-order chi connectivity index (χ1) is 11.7. The van der Waals surface area contributed by atoms with Gasteiger partial charge in [-0.25, -0.2) is 0 Å². The summed E-state index contributed by atoms with van der Waals surface area (Å²) >= 11 is 0. The number of nitrogens with one attached hydrogen (secondary N) is 1. The van der Waals surface area contributed by atoms with E-state index >= 15 is 0 Å². The number of hydrogen-bond acceptors (Lipinski definition) is 4. The molecule has 124 valence electrons. The molecular weight excluding hydrogens is 304 g/mol. The monoisotopic (exact) mass is 324 g/mol. The summed E-state index contributed by atoms with van der Waals surface area (Å²) < 4.78 is 7.27. The zero-order chi connectivity index (χ0) is 17.1. The Balaban J connectivity index is 2.08. The first-order valence-electron chi connectivity index (χ1n) is 8.11. The van der Waals surface area contributed by atoms with Crippen molar-refractivity contribution < 1.29 is 9.53 Å². The van der Waals surface area contributed by atoms with E-state index in [1.165, 1.54) is 0 Å². The summed E-state index contributed by atoms with van der Waals surface area (Å²) in [7, 11) is 0. The second-order valence-corrected chi connectivity index (χ2v) is 5.83. The van der Waals surface area contributed by atoms with E-state index in [0.717, 1.165) is 23.2 Å². The lowest BCUT2D eigenvalue weighted by molar-refractivity contribution is 0.0940. The van der Waals surface area contributed by atoms with Gasteiger partial charge >= 0.3 is 0 Å². The summed E-state index contributed by atoms with van der Waals surface area (Å²) in [6.07, 6.45) is 0.848. The fourth-order valence-corrected chi connectivity index (χ4v) is 2.99. The topological polar surface area (TPSA) is 79.9 Å². The molecule has 1 atom stereocenters.